The Morgan fingerprint density at radius 2 is 2.37 bits per heavy atom. The van der Waals surface area contributed by atoms with E-state index in [9.17, 15) is 10.1 Å². The molecule has 0 fully saturated rings. The highest BCUT2D eigenvalue weighted by Gasteiger charge is 2.26. The zero-order chi connectivity index (χ0) is 13.8. The van der Waals surface area contributed by atoms with Gasteiger partial charge >= 0.3 is 5.69 Å². The van der Waals surface area contributed by atoms with E-state index in [4.69, 9.17) is 0 Å². The largest absolute Gasteiger partial charge is 0.357 e. The molecule has 1 N–H and O–H groups in total. The Bertz CT molecular complexity index is 562. The highest BCUT2D eigenvalue weighted by Crippen LogP contribution is 2.29. The number of nitrogens with one attached hydrogen (secondary N) is 1. The maximum atomic E-state index is 11.2. The molecule has 2 heterocycles. The first-order valence-corrected chi connectivity index (χ1v) is 5.82. The minimum Gasteiger partial charge on any atom is -0.357 e. The number of anilines is 1. The first-order chi connectivity index (χ1) is 9.13. The molecule has 0 aromatic carbocycles. The van der Waals surface area contributed by atoms with Gasteiger partial charge in [0.1, 0.15) is 5.69 Å². The van der Waals surface area contributed by atoms with Crippen LogP contribution in [0.15, 0.2) is 10.9 Å². The van der Waals surface area contributed by atoms with Crippen LogP contribution in [-0.2, 0) is 20.0 Å². The maximum Gasteiger partial charge on any atom is 0.334 e. The lowest BCUT2D eigenvalue weighted by Crippen LogP contribution is -2.07. The molecule has 2 rings (SSSR count). The van der Waals surface area contributed by atoms with E-state index in [1.54, 1.807) is 7.05 Å². The molecule has 9 heteroatoms. The highest BCUT2D eigenvalue weighted by molar-refractivity contribution is 5.59. The molecule has 0 spiro atoms. The molecule has 0 bridgehead atoms. The lowest BCUT2D eigenvalue weighted by atomic mass is 10.2. The highest BCUT2D eigenvalue weighted by atomic mass is 16.6. The molecule has 2 aromatic rings. The molecule has 0 unspecified atom stereocenters. The number of hydrogen-bond acceptors (Lipinski definition) is 7. The number of rotatable bonds is 6. The van der Waals surface area contributed by atoms with E-state index < -0.39 is 4.92 Å². The summed E-state index contributed by atoms with van der Waals surface area (Å²) in [6.45, 7) is 2.19. The van der Waals surface area contributed by atoms with Crippen molar-refractivity contribution >= 4 is 11.5 Å². The van der Waals surface area contributed by atoms with Crippen molar-refractivity contribution in [1.82, 2.24) is 19.9 Å². The van der Waals surface area contributed by atoms with Gasteiger partial charge in [-0.25, -0.2) is 4.68 Å². The SMILES string of the molecule is CCCc1nn(C)c(NCc2ncon2)c1[N+](=O)[O-]. The Hall–Kier alpha value is -2.45. The predicted octanol–water partition coefficient (Wildman–Crippen LogP) is 1.28. The van der Waals surface area contributed by atoms with Crippen LogP contribution in [0.25, 0.3) is 0 Å². The molecule has 0 amide bonds. The molecule has 102 valence electrons. The van der Waals surface area contributed by atoms with Gasteiger partial charge in [-0.3, -0.25) is 10.1 Å². The van der Waals surface area contributed by atoms with Crippen molar-refractivity contribution in [2.75, 3.05) is 5.32 Å². The average molecular weight is 266 g/mol. The van der Waals surface area contributed by atoms with Crippen molar-refractivity contribution in [1.29, 1.82) is 0 Å². The Balaban J connectivity index is 2.25. The van der Waals surface area contributed by atoms with E-state index in [1.807, 2.05) is 6.92 Å². The third-order valence-electron chi connectivity index (χ3n) is 2.58. The lowest BCUT2D eigenvalue weighted by molar-refractivity contribution is -0.384. The first-order valence-electron chi connectivity index (χ1n) is 5.82. The topological polar surface area (TPSA) is 112 Å². The zero-order valence-electron chi connectivity index (χ0n) is 10.7. The van der Waals surface area contributed by atoms with Crippen molar-refractivity contribution in [3.63, 3.8) is 0 Å². The van der Waals surface area contributed by atoms with E-state index in [0.29, 0.717) is 23.8 Å². The van der Waals surface area contributed by atoms with Crippen molar-refractivity contribution < 1.29 is 9.45 Å². The van der Waals surface area contributed by atoms with Gasteiger partial charge in [0.2, 0.25) is 12.2 Å². The number of nitro groups is 1. The smallest absolute Gasteiger partial charge is 0.334 e. The Morgan fingerprint density at radius 1 is 1.58 bits per heavy atom. The molecule has 0 atom stereocenters. The van der Waals surface area contributed by atoms with Gasteiger partial charge in [0.25, 0.3) is 0 Å². The second kappa shape index (κ2) is 5.46. The second-order valence-corrected chi connectivity index (χ2v) is 3.98. The minimum absolute atomic E-state index is 0.00726. The molecule has 0 aliphatic carbocycles. The summed E-state index contributed by atoms with van der Waals surface area (Å²) in [4.78, 5) is 14.6. The molecule has 2 aromatic heterocycles. The Labute approximate surface area is 108 Å². The summed E-state index contributed by atoms with van der Waals surface area (Å²) in [5.41, 5.74) is 0.485. The third kappa shape index (κ3) is 2.69. The van der Waals surface area contributed by atoms with Crippen LogP contribution in [0.3, 0.4) is 0 Å². The van der Waals surface area contributed by atoms with Crippen molar-refractivity contribution in [2.45, 2.75) is 26.3 Å². The van der Waals surface area contributed by atoms with Crippen molar-refractivity contribution in [3.8, 4) is 0 Å². The van der Waals surface area contributed by atoms with Crippen molar-refractivity contribution in [2.24, 2.45) is 7.05 Å². The minimum atomic E-state index is -0.420. The van der Waals surface area contributed by atoms with E-state index in [-0.39, 0.29) is 12.2 Å². The lowest BCUT2D eigenvalue weighted by Gasteiger charge is -2.02. The van der Waals surface area contributed by atoms with Crippen LogP contribution in [-0.4, -0.2) is 24.8 Å². The maximum absolute atomic E-state index is 11.2. The fourth-order valence-corrected chi connectivity index (χ4v) is 1.80. The molecule has 9 nitrogen and oxygen atoms in total. The van der Waals surface area contributed by atoms with Crippen LogP contribution < -0.4 is 5.32 Å². The number of aromatic nitrogens is 4. The summed E-state index contributed by atoms with van der Waals surface area (Å²) in [6, 6.07) is 0. The van der Waals surface area contributed by atoms with Crippen LogP contribution in [0.2, 0.25) is 0 Å². The quantitative estimate of drug-likeness (QED) is 0.618. The van der Waals surface area contributed by atoms with Gasteiger partial charge in [-0.2, -0.15) is 10.1 Å². The van der Waals surface area contributed by atoms with Gasteiger partial charge in [0.05, 0.1) is 11.5 Å². The Morgan fingerprint density at radius 3 is 2.95 bits per heavy atom. The molecule has 0 saturated carbocycles. The number of hydrogen-bond donors (Lipinski definition) is 1. The molecule has 0 radical (unpaired) electrons. The third-order valence-corrected chi connectivity index (χ3v) is 2.58. The van der Waals surface area contributed by atoms with Crippen LogP contribution in [0, 0.1) is 10.1 Å². The van der Waals surface area contributed by atoms with Gasteiger partial charge < -0.3 is 9.84 Å². The van der Waals surface area contributed by atoms with Crippen LogP contribution >= 0.6 is 0 Å². The van der Waals surface area contributed by atoms with Gasteiger partial charge in [0, 0.05) is 7.05 Å². The van der Waals surface area contributed by atoms with E-state index in [2.05, 4.69) is 25.1 Å². The molecular formula is C10H14N6O3. The summed E-state index contributed by atoms with van der Waals surface area (Å²) >= 11 is 0. The van der Waals surface area contributed by atoms with Gasteiger partial charge in [-0.1, -0.05) is 18.5 Å². The van der Waals surface area contributed by atoms with E-state index >= 15 is 0 Å². The summed E-state index contributed by atoms with van der Waals surface area (Å²) < 4.78 is 6.06. The standard InChI is InChI=1S/C10H14N6O3/c1-3-4-7-9(16(17)18)10(15(2)13-7)11-5-8-12-6-19-14-8/h6,11H,3-5H2,1-2H3. The van der Waals surface area contributed by atoms with Crippen LogP contribution in [0.1, 0.15) is 24.9 Å². The summed E-state index contributed by atoms with van der Waals surface area (Å²) in [7, 11) is 1.66. The predicted molar refractivity (Wildman–Crippen MR) is 65.5 cm³/mol. The summed E-state index contributed by atoms with van der Waals surface area (Å²) in [5.74, 6) is 0.769. The molecule has 0 saturated heterocycles. The van der Waals surface area contributed by atoms with Crippen molar-refractivity contribution in [3.05, 3.63) is 28.0 Å². The first kappa shape index (κ1) is 13.0. The second-order valence-electron chi connectivity index (χ2n) is 3.98. The van der Waals surface area contributed by atoms with E-state index in [0.717, 1.165) is 6.42 Å². The fraction of sp³-hybridized carbons (Fsp3) is 0.500. The van der Waals surface area contributed by atoms with Gasteiger partial charge in [-0.15, -0.1) is 0 Å². The van der Waals surface area contributed by atoms with Gasteiger partial charge in [-0.05, 0) is 6.42 Å². The fourth-order valence-electron chi connectivity index (χ4n) is 1.80. The number of aryl methyl sites for hydroxylation is 2. The van der Waals surface area contributed by atoms with E-state index in [1.165, 1.54) is 11.1 Å². The number of nitrogens with zero attached hydrogens (tertiary/aromatic N) is 5. The monoisotopic (exact) mass is 266 g/mol. The normalized spacial score (nSPS) is 10.6. The van der Waals surface area contributed by atoms with Crippen LogP contribution in [0.4, 0.5) is 11.5 Å². The molecular weight excluding hydrogens is 252 g/mol. The van der Waals surface area contributed by atoms with Crippen LogP contribution in [0.5, 0.6) is 0 Å². The summed E-state index contributed by atoms with van der Waals surface area (Å²) in [6.07, 6.45) is 2.56. The molecule has 0 aliphatic rings. The zero-order valence-corrected chi connectivity index (χ0v) is 10.7. The van der Waals surface area contributed by atoms with Gasteiger partial charge in [0.15, 0.2) is 5.82 Å². The summed E-state index contributed by atoms with van der Waals surface area (Å²) in [5, 5.41) is 21.9. The molecule has 19 heavy (non-hydrogen) atoms. The average Bonchev–Trinajstić information content (AvgIpc) is 2.95. The molecule has 0 aliphatic heterocycles. The Kier molecular flexibility index (Phi) is 3.74.